The number of halogens is 2. The van der Waals surface area contributed by atoms with Gasteiger partial charge in [0.1, 0.15) is 0 Å². The molecule has 2 aliphatic rings. The average molecular weight is 336 g/mol. The van der Waals surface area contributed by atoms with Gasteiger partial charge in [-0.2, -0.15) is 8.78 Å². The van der Waals surface area contributed by atoms with E-state index in [9.17, 15) is 8.78 Å². The van der Waals surface area contributed by atoms with Crippen LogP contribution in [0.5, 0.6) is 11.5 Å². The summed E-state index contributed by atoms with van der Waals surface area (Å²) in [6, 6.07) is 2.89. The number of allylic oxidation sites excluding steroid dienone is 2. The Kier molecular flexibility index (Phi) is 5.75. The minimum absolute atomic E-state index is 0.0157. The summed E-state index contributed by atoms with van der Waals surface area (Å²) in [7, 11) is 0. The largest absolute Gasteiger partial charge is 0.491 e. The predicted octanol–water partition coefficient (Wildman–Crippen LogP) is 5.51. The highest BCUT2D eigenvalue weighted by Gasteiger charge is 2.28. The van der Waals surface area contributed by atoms with Crippen molar-refractivity contribution in [2.45, 2.75) is 45.4 Å². The molecule has 0 radical (unpaired) electrons. The number of ether oxygens (including phenoxy) is 2. The molecule has 0 unspecified atom stereocenters. The van der Waals surface area contributed by atoms with E-state index in [1.165, 1.54) is 37.8 Å². The van der Waals surface area contributed by atoms with Crippen LogP contribution in [0.4, 0.5) is 8.78 Å². The monoisotopic (exact) mass is 336 g/mol. The molecule has 0 bridgehead atoms. The van der Waals surface area contributed by atoms with E-state index >= 15 is 0 Å². The molecular weight excluding hydrogens is 310 g/mol. The lowest BCUT2D eigenvalue weighted by molar-refractivity contribution is 0.153. The Morgan fingerprint density at radius 2 is 1.46 bits per heavy atom. The molecule has 0 aromatic heterocycles. The van der Waals surface area contributed by atoms with E-state index in [1.54, 1.807) is 6.92 Å². The van der Waals surface area contributed by atoms with Crippen LogP contribution >= 0.6 is 0 Å². The fraction of sp³-hybridized carbons (Fsp3) is 0.600. The Morgan fingerprint density at radius 3 is 2.04 bits per heavy atom. The molecule has 0 spiro atoms. The molecular formula is C20H26F2O2. The van der Waals surface area contributed by atoms with Crippen molar-refractivity contribution >= 4 is 0 Å². The normalized spacial score (nSPS) is 24.3. The van der Waals surface area contributed by atoms with Crippen molar-refractivity contribution in [3.05, 3.63) is 35.9 Å². The third-order valence-electron chi connectivity index (χ3n) is 5.39. The zero-order chi connectivity index (χ0) is 16.9. The van der Waals surface area contributed by atoms with Crippen LogP contribution in [0.3, 0.4) is 0 Å². The summed E-state index contributed by atoms with van der Waals surface area (Å²) < 4.78 is 38.5. The van der Waals surface area contributed by atoms with Crippen LogP contribution in [0.25, 0.3) is 0 Å². The van der Waals surface area contributed by atoms with Crippen molar-refractivity contribution in [2.24, 2.45) is 17.8 Å². The number of hydrogen-bond acceptors (Lipinski definition) is 2. The molecule has 3 rings (SSSR count). The summed E-state index contributed by atoms with van der Waals surface area (Å²) >= 11 is 0. The van der Waals surface area contributed by atoms with Gasteiger partial charge in [0.25, 0.3) is 0 Å². The Bertz CT molecular complexity index is 569. The fourth-order valence-electron chi connectivity index (χ4n) is 3.95. The lowest BCUT2D eigenvalue weighted by Gasteiger charge is -2.32. The summed E-state index contributed by atoms with van der Waals surface area (Å²) in [5.41, 5.74) is 0. The lowest BCUT2D eigenvalue weighted by atomic mass is 9.75. The Hall–Kier alpha value is -1.58. The smallest absolute Gasteiger partial charge is 0.204 e. The SMILES string of the molecule is CCOc1ccc(OCC2CCC(C3CC=CC3)CC2)c(F)c1F. The first-order valence-corrected chi connectivity index (χ1v) is 9.07. The molecule has 132 valence electrons. The van der Waals surface area contributed by atoms with Crippen molar-refractivity contribution in [3.63, 3.8) is 0 Å². The Morgan fingerprint density at radius 1 is 0.875 bits per heavy atom. The van der Waals surface area contributed by atoms with E-state index < -0.39 is 11.6 Å². The summed E-state index contributed by atoms with van der Waals surface area (Å²) in [5.74, 6) is 0.0784. The van der Waals surface area contributed by atoms with Crippen LogP contribution in [0.15, 0.2) is 24.3 Å². The second kappa shape index (κ2) is 8.00. The minimum Gasteiger partial charge on any atom is -0.491 e. The topological polar surface area (TPSA) is 18.5 Å². The number of rotatable bonds is 6. The maximum atomic E-state index is 14.0. The lowest BCUT2D eigenvalue weighted by Crippen LogP contribution is -2.24. The highest BCUT2D eigenvalue weighted by atomic mass is 19.2. The maximum Gasteiger partial charge on any atom is 0.204 e. The maximum absolute atomic E-state index is 14.0. The molecule has 1 saturated carbocycles. The van der Waals surface area contributed by atoms with Gasteiger partial charge in [0.2, 0.25) is 11.6 Å². The van der Waals surface area contributed by atoms with Crippen LogP contribution in [-0.4, -0.2) is 13.2 Å². The van der Waals surface area contributed by atoms with Gasteiger partial charge in [-0.25, -0.2) is 0 Å². The van der Waals surface area contributed by atoms with Gasteiger partial charge in [0, 0.05) is 0 Å². The van der Waals surface area contributed by atoms with Crippen LogP contribution in [0, 0.1) is 29.4 Å². The Balaban J connectivity index is 1.49. The minimum atomic E-state index is -0.966. The van der Waals surface area contributed by atoms with Crippen LogP contribution in [0.1, 0.15) is 45.4 Å². The first-order chi connectivity index (χ1) is 11.7. The summed E-state index contributed by atoms with van der Waals surface area (Å²) in [6.45, 7) is 2.50. The molecule has 0 heterocycles. The van der Waals surface area contributed by atoms with Gasteiger partial charge >= 0.3 is 0 Å². The standard InChI is InChI=1S/C20H26F2O2/c1-2-23-17-11-12-18(20(22)19(17)21)24-13-14-7-9-16(10-8-14)15-5-3-4-6-15/h3-4,11-12,14-16H,2,5-10,13H2,1H3. The second-order valence-electron chi connectivity index (χ2n) is 6.92. The van der Waals surface area contributed by atoms with E-state index in [1.807, 2.05) is 0 Å². The van der Waals surface area contributed by atoms with Crippen molar-refractivity contribution in [1.82, 2.24) is 0 Å². The molecule has 4 heteroatoms. The first kappa shape index (κ1) is 17.2. The summed E-state index contributed by atoms with van der Waals surface area (Å²) in [6.07, 6.45) is 11.7. The van der Waals surface area contributed by atoms with Gasteiger partial charge in [0.15, 0.2) is 11.5 Å². The quantitative estimate of drug-likeness (QED) is 0.637. The van der Waals surface area contributed by atoms with Crippen molar-refractivity contribution in [2.75, 3.05) is 13.2 Å². The zero-order valence-electron chi connectivity index (χ0n) is 14.3. The molecule has 0 amide bonds. The van der Waals surface area contributed by atoms with E-state index in [-0.39, 0.29) is 11.5 Å². The molecule has 0 aliphatic heterocycles. The third-order valence-corrected chi connectivity index (χ3v) is 5.39. The van der Waals surface area contributed by atoms with Gasteiger partial charge in [-0.1, -0.05) is 12.2 Å². The van der Waals surface area contributed by atoms with Crippen LogP contribution in [0.2, 0.25) is 0 Å². The Labute approximate surface area is 142 Å². The van der Waals surface area contributed by atoms with Gasteiger partial charge in [-0.3, -0.25) is 0 Å². The molecule has 24 heavy (non-hydrogen) atoms. The number of benzene rings is 1. The van der Waals surface area contributed by atoms with Gasteiger partial charge in [0.05, 0.1) is 13.2 Å². The summed E-state index contributed by atoms with van der Waals surface area (Å²) in [4.78, 5) is 0. The van der Waals surface area contributed by atoms with Gasteiger partial charge in [-0.05, 0) is 75.3 Å². The van der Waals surface area contributed by atoms with E-state index in [2.05, 4.69) is 12.2 Å². The van der Waals surface area contributed by atoms with Crippen LogP contribution < -0.4 is 9.47 Å². The molecule has 1 fully saturated rings. The molecule has 2 nitrogen and oxygen atoms in total. The van der Waals surface area contributed by atoms with E-state index in [0.29, 0.717) is 19.1 Å². The van der Waals surface area contributed by atoms with Crippen molar-refractivity contribution in [3.8, 4) is 11.5 Å². The van der Waals surface area contributed by atoms with E-state index in [4.69, 9.17) is 9.47 Å². The number of hydrogen-bond donors (Lipinski definition) is 0. The molecule has 0 atom stereocenters. The van der Waals surface area contributed by atoms with E-state index in [0.717, 1.165) is 24.7 Å². The first-order valence-electron chi connectivity index (χ1n) is 9.07. The molecule has 1 aromatic carbocycles. The predicted molar refractivity (Wildman–Crippen MR) is 90.3 cm³/mol. The molecule has 2 aliphatic carbocycles. The zero-order valence-corrected chi connectivity index (χ0v) is 14.3. The second-order valence-corrected chi connectivity index (χ2v) is 6.92. The molecule has 0 saturated heterocycles. The third kappa shape index (κ3) is 3.90. The highest BCUT2D eigenvalue weighted by molar-refractivity contribution is 5.35. The highest BCUT2D eigenvalue weighted by Crippen LogP contribution is 2.39. The fourth-order valence-corrected chi connectivity index (χ4v) is 3.95. The average Bonchev–Trinajstić information content (AvgIpc) is 3.14. The summed E-state index contributed by atoms with van der Waals surface area (Å²) in [5, 5.41) is 0. The van der Waals surface area contributed by atoms with Gasteiger partial charge in [-0.15, -0.1) is 0 Å². The molecule has 1 aromatic rings. The molecule has 0 N–H and O–H groups in total. The van der Waals surface area contributed by atoms with Crippen LogP contribution in [-0.2, 0) is 0 Å². The van der Waals surface area contributed by atoms with Crippen molar-refractivity contribution in [1.29, 1.82) is 0 Å². The van der Waals surface area contributed by atoms with Crippen molar-refractivity contribution < 1.29 is 18.3 Å². The van der Waals surface area contributed by atoms with Gasteiger partial charge < -0.3 is 9.47 Å².